The van der Waals surface area contributed by atoms with Crippen LogP contribution in [-0.2, 0) is 6.18 Å². The van der Waals surface area contributed by atoms with Crippen molar-refractivity contribution in [1.82, 2.24) is 5.32 Å². The molecule has 1 N–H and O–H groups in total. The topological polar surface area (TPSA) is 12.0 Å². The van der Waals surface area contributed by atoms with Gasteiger partial charge < -0.3 is 5.32 Å². The fourth-order valence-corrected chi connectivity index (χ4v) is 1.79. The summed E-state index contributed by atoms with van der Waals surface area (Å²) >= 11 is 0. The molecule has 0 saturated heterocycles. The zero-order chi connectivity index (χ0) is 12.9. The summed E-state index contributed by atoms with van der Waals surface area (Å²) in [6.07, 6.45) is -2.22. The van der Waals surface area contributed by atoms with Gasteiger partial charge in [0.25, 0.3) is 0 Å². The summed E-state index contributed by atoms with van der Waals surface area (Å²) in [6.45, 7) is 6.06. The predicted octanol–water partition coefficient (Wildman–Crippen LogP) is 3.93. The molecule has 4 heteroatoms. The van der Waals surface area contributed by atoms with Crippen molar-refractivity contribution in [2.24, 2.45) is 0 Å². The molecule has 0 spiro atoms. The van der Waals surface area contributed by atoms with Gasteiger partial charge in [0.2, 0.25) is 0 Å². The molecule has 0 bridgehead atoms. The molecule has 1 nitrogen and oxygen atoms in total. The lowest BCUT2D eigenvalue weighted by Gasteiger charge is -2.21. The van der Waals surface area contributed by atoms with Crippen LogP contribution in [0.5, 0.6) is 0 Å². The first-order valence-corrected chi connectivity index (χ1v) is 5.51. The maximum absolute atomic E-state index is 12.8. The van der Waals surface area contributed by atoms with E-state index in [1.54, 1.807) is 12.1 Å². The van der Waals surface area contributed by atoms with Gasteiger partial charge in [-0.1, -0.05) is 31.2 Å². The Balaban J connectivity index is 3.13. The Labute approximate surface area is 99.3 Å². The molecule has 1 aromatic carbocycles. The number of alkyl halides is 3. The molecule has 0 heterocycles. The molecule has 0 aliphatic rings. The molecule has 17 heavy (non-hydrogen) atoms. The Morgan fingerprint density at radius 3 is 2.53 bits per heavy atom. The Morgan fingerprint density at radius 1 is 1.35 bits per heavy atom. The first kappa shape index (κ1) is 13.8. The molecule has 1 aromatic rings. The molecule has 1 rings (SSSR count). The van der Waals surface area contributed by atoms with Gasteiger partial charge in [0, 0.05) is 6.04 Å². The van der Waals surface area contributed by atoms with Crippen LogP contribution in [0.2, 0.25) is 0 Å². The fourth-order valence-electron chi connectivity index (χ4n) is 1.79. The third-order valence-corrected chi connectivity index (χ3v) is 2.49. The fraction of sp³-hybridized carbons (Fsp3) is 0.385. The summed E-state index contributed by atoms with van der Waals surface area (Å²) in [5, 5.41) is 3.04. The van der Waals surface area contributed by atoms with E-state index in [0.29, 0.717) is 13.0 Å². The van der Waals surface area contributed by atoms with E-state index in [1.165, 1.54) is 12.1 Å². The van der Waals surface area contributed by atoms with E-state index in [2.05, 4.69) is 11.9 Å². The number of hydrogen-bond donors (Lipinski definition) is 1. The van der Waals surface area contributed by atoms with Crippen molar-refractivity contribution in [2.75, 3.05) is 6.54 Å². The van der Waals surface area contributed by atoms with Crippen molar-refractivity contribution in [3.8, 4) is 0 Å². The lowest BCUT2D eigenvalue weighted by atomic mass is 9.97. The molecule has 0 radical (unpaired) electrons. The molecule has 0 saturated carbocycles. The summed E-state index contributed by atoms with van der Waals surface area (Å²) in [4.78, 5) is 0. The Bertz CT molecular complexity index is 371. The maximum atomic E-state index is 12.8. The van der Waals surface area contributed by atoms with E-state index >= 15 is 0 Å². The highest BCUT2D eigenvalue weighted by Crippen LogP contribution is 2.35. The van der Waals surface area contributed by atoms with Gasteiger partial charge in [-0.25, -0.2) is 0 Å². The highest BCUT2D eigenvalue weighted by atomic mass is 19.4. The summed E-state index contributed by atoms with van der Waals surface area (Å²) in [5.41, 5.74) is -0.297. The highest BCUT2D eigenvalue weighted by molar-refractivity contribution is 5.32. The summed E-state index contributed by atoms with van der Waals surface area (Å²) in [6, 6.07) is 5.32. The van der Waals surface area contributed by atoms with Crippen LogP contribution in [0.4, 0.5) is 13.2 Å². The zero-order valence-electron chi connectivity index (χ0n) is 9.72. The molecule has 1 atom stereocenters. The van der Waals surface area contributed by atoms with Crippen LogP contribution in [0.15, 0.2) is 36.9 Å². The van der Waals surface area contributed by atoms with Gasteiger partial charge >= 0.3 is 6.18 Å². The quantitative estimate of drug-likeness (QED) is 0.772. The molecule has 0 aliphatic carbocycles. The molecule has 94 valence electrons. The summed E-state index contributed by atoms with van der Waals surface area (Å²) in [5.74, 6) is 0. The van der Waals surface area contributed by atoms with Gasteiger partial charge in [-0.15, -0.1) is 6.58 Å². The average molecular weight is 243 g/mol. The number of rotatable bonds is 5. The molecule has 0 amide bonds. The summed E-state index contributed by atoms with van der Waals surface area (Å²) < 4.78 is 38.5. The summed E-state index contributed by atoms with van der Waals surface area (Å²) in [7, 11) is 0. The molecular weight excluding hydrogens is 227 g/mol. The van der Waals surface area contributed by atoms with Crippen LogP contribution in [0, 0.1) is 0 Å². The molecule has 0 aromatic heterocycles. The van der Waals surface area contributed by atoms with E-state index in [-0.39, 0.29) is 11.6 Å². The number of nitrogens with one attached hydrogen (secondary N) is 1. The van der Waals surface area contributed by atoms with E-state index < -0.39 is 11.7 Å². The van der Waals surface area contributed by atoms with Crippen LogP contribution in [0.3, 0.4) is 0 Å². The SMILES string of the molecule is C=CCC(NCC)c1ccccc1C(F)(F)F. The lowest BCUT2D eigenvalue weighted by molar-refractivity contribution is -0.138. The minimum atomic E-state index is -4.31. The van der Waals surface area contributed by atoms with Crippen molar-refractivity contribution < 1.29 is 13.2 Å². The second-order valence-electron chi connectivity index (χ2n) is 3.72. The Hall–Kier alpha value is -1.29. The van der Waals surface area contributed by atoms with Gasteiger partial charge in [-0.3, -0.25) is 0 Å². The zero-order valence-corrected chi connectivity index (χ0v) is 9.72. The molecular formula is C13H16F3N. The number of hydrogen-bond acceptors (Lipinski definition) is 1. The second kappa shape index (κ2) is 5.87. The number of halogens is 3. The molecule has 1 unspecified atom stereocenters. The van der Waals surface area contributed by atoms with Gasteiger partial charge in [0.1, 0.15) is 0 Å². The molecule has 0 aliphatic heterocycles. The van der Waals surface area contributed by atoms with E-state index in [9.17, 15) is 13.2 Å². The standard InChI is InChI=1S/C13H16F3N/c1-3-7-12(17-4-2)10-8-5-6-9-11(10)13(14,15)16/h3,5-6,8-9,12,17H,1,4,7H2,2H3. The van der Waals surface area contributed by atoms with Crippen molar-refractivity contribution in [1.29, 1.82) is 0 Å². The highest BCUT2D eigenvalue weighted by Gasteiger charge is 2.34. The van der Waals surface area contributed by atoms with Crippen molar-refractivity contribution in [2.45, 2.75) is 25.6 Å². The smallest absolute Gasteiger partial charge is 0.310 e. The first-order valence-electron chi connectivity index (χ1n) is 5.51. The van der Waals surface area contributed by atoms with Gasteiger partial charge in [-0.05, 0) is 24.6 Å². The van der Waals surface area contributed by atoms with Crippen LogP contribution < -0.4 is 5.32 Å². The minimum absolute atomic E-state index is 0.279. The van der Waals surface area contributed by atoms with Gasteiger partial charge in [-0.2, -0.15) is 13.2 Å². The Morgan fingerprint density at radius 2 is 2.00 bits per heavy atom. The largest absolute Gasteiger partial charge is 0.416 e. The maximum Gasteiger partial charge on any atom is 0.416 e. The predicted molar refractivity (Wildman–Crippen MR) is 62.7 cm³/mol. The first-order chi connectivity index (χ1) is 8.00. The third-order valence-electron chi connectivity index (χ3n) is 2.49. The second-order valence-corrected chi connectivity index (χ2v) is 3.72. The average Bonchev–Trinajstić information content (AvgIpc) is 2.28. The Kier molecular flexibility index (Phi) is 4.75. The van der Waals surface area contributed by atoms with Crippen LogP contribution >= 0.6 is 0 Å². The van der Waals surface area contributed by atoms with Crippen LogP contribution in [-0.4, -0.2) is 6.54 Å². The van der Waals surface area contributed by atoms with E-state index in [0.717, 1.165) is 6.07 Å². The van der Waals surface area contributed by atoms with Crippen molar-refractivity contribution in [3.05, 3.63) is 48.0 Å². The third kappa shape index (κ3) is 3.60. The monoisotopic (exact) mass is 243 g/mol. The lowest BCUT2D eigenvalue weighted by Crippen LogP contribution is -2.23. The molecule has 0 fully saturated rings. The number of benzene rings is 1. The van der Waals surface area contributed by atoms with Crippen LogP contribution in [0.1, 0.15) is 30.5 Å². The van der Waals surface area contributed by atoms with E-state index in [4.69, 9.17) is 0 Å². The van der Waals surface area contributed by atoms with Gasteiger partial charge in [0.15, 0.2) is 0 Å². The van der Waals surface area contributed by atoms with Gasteiger partial charge in [0.05, 0.1) is 5.56 Å². The van der Waals surface area contributed by atoms with Crippen LogP contribution in [0.25, 0.3) is 0 Å². The minimum Gasteiger partial charge on any atom is -0.310 e. The van der Waals surface area contributed by atoms with Crippen molar-refractivity contribution >= 4 is 0 Å². The normalized spacial score (nSPS) is 13.4. The van der Waals surface area contributed by atoms with E-state index in [1.807, 2.05) is 6.92 Å². The van der Waals surface area contributed by atoms with Crippen molar-refractivity contribution in [3.63, 3.8) is 0 Å².